The molecule has 0 saturated carbocycles. The SMILES string of the molecule is CC1(C)C(/C=C/C(=C/C=C2/N(CCCSOO[O-])c3ccc4c(S(=O)(=O)[O-])cc(SOO[O-])cc4c3C2(C)C)c2cccc(CCCCC(=O)NCCN3C(=O)C=CC3=O)c2)=[N+](CCSOO[O-])c2ccc3c(SOO[O-])cc(S(=O)(=O)[O-])cc3c21.[Na+].[Na+].[Na+].[Na+].[Na+]. The van der Waals surface area contributed by atoms with E-state index in [1.165, 1.54) is 24.3 Å². The van der Waals surface area contributed by atoms with E-state index in [0.717, 1.165) is 52.2 Å². The van der Waals surface area contributed by atoms with Crippen LogP contribution < -0.4 is 179 Å². The van der Waals surface area contributed by atoms with Gasteiger partial charge < -0.3 is 40.4 Å². The van der Waals surface area contributed by atoms with E-state index >= 15 is 0 Å². The minimum absolute atomic E-state index is 0. The van der Waals surface area contributed by atoms with Crippen LogP contribution in [0.25, 0.3) is 27.1 Å². The topological polar surface area (TPSA) is 353 Å². The first kappa shape index (κ1) is 84.6. The number of rotatable bonds is 31. The molecule has 0 spiro atoms. The Morgan fingerprint density at radius 1 is 0.670 bits per heavy atom. The van der Waals surface area contributed by atoms with Crippen molar-refractivity contribution in [2.45, 2.75) is 90.2 Å². The van der Waals surface area contributed by atoms with Gasteiger partial charge in [0.1, 0.15) is 20.2 Å². The summed E-state index contributed by atoms with van der Waals surface area (Å²) in [5.74, 6) is -0.650. The van der Waals surface area contributed by atoms with E-state index in [9.17, 15) is 61.4 Å². The molecule has 5 aromatic rings. The molecule has 3 amide bonds. The van der Waals surface area contributed by atoms with Crippen molar-refractivity contribution in [2.75, 3.05) is 42.6 Å². The minimum Gasteiger partial charge on any atom is -0.744 e. The van der Waals surface area contributed by atoms with Crippen LogP contribution >= 0.6 is 48.2 Å². The summed E-state index contributed by atoms with van der Waals surface area (Å²) in [7, 11) is -10.2. The number of imide groups is 1. The predicted molar refractivity (Wildman–Crippen MR) is 305 cm³/mol. The Morgan fingerprint density at radius 2 is 1.32 bits per heavy atom. The Hall–Kier alpha value is -0.600. The van der Waals surface area contributed by atoms with Gasteiger partial charge in [-0.05, 0) is 132 Å². The van der Waals surface area contributed by atoms with E-state index in [-0.39, 0.29) is 201 Å². The van der Waals surface area contributed by atoms with Crippen LogP contribution in [-0.4, -0.2) is 96.5 Å². The van der Waals surface area contributed by atoms with Gasteiger partial charge in [-0.1, -0.05) is 50.3 Å². The van der Waals surface area contributed by atoms with Crippen LogP contribution in [0.15, 0.2) is 135 Å². The fourth-order valence-corrected chi connectivity index (χ4v) is 14.1. The number of amides is 3. The Kier molecular flexibility index (Phi) is 36.0. The second-order valence-corrected chi connectivity index (χ2v) is 26.2. The zero-order valence-electron chi connectivity index (χ0n) is 51.0. The summed E-state index contributed by atoms with van der Waals surface area (Å²) >= 11 is 2.38. The molecule has 3 heterocycles. The molecule has 36 heteroatoms. The molecule has 1 N–H and O–H groups in total. The zero-order chi connectivity index (χ0) is 62.0. The van der Waals surface area contributed by atoms with E-state index in [1.54, 1.807) is 24.3 Å². The smallest absolute Gasteiger partial charge is 0.744 e. The molecule has 0 aliphatic carbocycles. The van der Waals surface area contributed by atoms with Crippen LogP contribution in [0, 0.1) is 0 Å². The van der Waals surface area contributed by atoms with Crippen LogP contribution in [0.3, 0.4) is 0 Å². The molecular weight excluding hydrogens is 1360 g/mol. The van der Waals surface area contributed by atoms with E-state index in [1.807, 2.05) is 85.7 Å². The molecule has 0 aromatic heterocycles. The molecule has 0 atom stereocenters. The molecule has 460 valence electrons. The molecule has 0 saturated heterocycles. The molecule has 0 bridgehead atoms. The number of anilines is 1. The van der Waals surface area contributed by atoms with Crippen LogP contribution in [0.1, 0.15) is 75.6 Å². The number of nitrogens with zero attached hydrogens (tertiary/aromatic N) is 3. The second kappa shape index (κ2) is 38.7. The summed E-state index contributed by atoms with van der Waals surface area (Å²) in [5, 5.41) is 61.8. The molecule has 8 rings (SSSR count). The molecule has 91 heavy (non-hydrogen) atoms. The molecule has 0 unspecified atom stereocenters. The quantitative estimate of drug-likeness (QED) is 0.00495. The second-order valence-electron chi connectivity index (χ2n) is 20.4. The molecule has 3 aliphatic rings. The van der Waals surface area contributed by atoms with E-state index in [2.05, 4.69) is 42.8 Å². The molecular formula is C55H53N4Na5O21S6. The van der Waals surface area contributed by atoms with Crippen LogP contribution in [0.4, 0.5) is 11.4 Å². The number of unbranched alkanes of at least 4 members (excludes halogenated alkanes) is 1. The number of allylic oxidation sites excluding steroid dienone is 6. The molecule has 5 aromatic carbocycles. The van der Waals surface area contributed by atoms with Crippen molar-refractivity contribution in [3.05, 3.63) is 137 Å². The summed E-state index contributed by atoms with van der Waals surface area (Å²) in [6.07, 6.45) is 12.2. The van der Waals surface area contributed by atoms with Crippen molar-refractivity contribution in [2.24, 2.45) is 0 Å². The Labute approximate surface area is 653 Å². The van der Waals surface area contributed by atoms with Crippen molar-refractivity contribution in [1.82, 2.24) is 10.2 Å². The summed E-state index contributed by atoms with van der Waals surface area (Å²) in [6.45, 7) is 8.30. The van der Waals surface area contributed by atoms with E-state index in [0.29, 0.717) is 118 Å². The number of carbonyl (C=O) groups excluding carboxylic acids is 3. The van der Waals surface area contributed by atoms with Gasteiger partial charge in [0.05, 0.1) is 45.0 Å². The van der Waals surface area contributed by atoms with E-state index < -0.39 is 52.7 Å². The number of benzene rings is 5. The predicted octanol–water partition coefficient (Wildman–Crippen LogP) is -10.1. The first-order chi connectivity index (χ1) is 41.0. The average molecular weight is 1410 g/mol. The van der Waals surface area contributed by atoms with Crippen molar-refractivity contribution in [1.29, 1.82) is 0 Å². The average Bonchev–Trinajstić information content (AvgIpc) is 1.61. The van der Waals surface area contributed by atoms with E-state index in [4.69, 9.17) is 0 Å². The number of hydrogen-bond acceptors (Lipinski definition) is 26. The van der Waals surface area contributed by atoms with Gasteiger partial charge in [-0.2, -0.15) is 21.9 Å². The Balaban J connectivity index is 0.00000432. The molecule has 25 nitrogen and oxygen atoms in total. The van der Waals surface area contributed by atoms with Crippen molar-refractivity contribution in [3.63, 3.8) is 0 Å². The number of carbonyl (C=O) groups is 3. The maximum absolute atomic E-state index is 12.8. The molecule has 0 fully saturated rings. The van der Waals surface area contributed by atoms with Gasteiger partial charge in [-0.3, -0.25) is 39.4 Å². The zero-order valence-corrected chi connectivity index (χ0v) is 65.9. The summed E-state index contributed by atoms with van der Waals surface area (Å²) < 4.78 is 96.7. The van der Waals surface area contributed by atoms with Crippen molar-refractivity contribution >= 4 is 130 Å². The Bertz CT molecular complexity index is 3810. The largest absolute Gasteiger partial charge is 1.00 e. The molecule has 0 radical (unpaired) electrons. The fourth-order valence-electron chi connectivity index (χ4n) is 11.0. The third-order valence-electron chi connectivity index (χ3n) is 14.6. The van der Waals surface area contributed by atoms with Crippen LogP contribution in [0.5, 0.6) is 0 Å². The maximum Gasteiger partial charge on any atom is 1.00 e. The normalized spacial score (nSPS) is 15.4. The van der Waals surface area contributed by atoms with Gasteiger partial charge >= 0.3 is 148 Å². The number of fused-ring (bicyclic) bond motifs is 6. The first-order valence-corrected chi connectivity index (χ1v) is 32.2. The standard InChI is InChI=1S/C55H58N4O21S6.5Na/c1-54(2)47(57(24-8-27-81-77-73-63)43-18-16-40-41(52(43)54)30-37(83-79-75-65)31-46(40)86(70,71)72)19-13-35(36-11-7-10-34(29-36)9-5-6-12-49(60)56-23-25-59-50(61)21-22-51(59)62)14-20-48-55(3,4)53-42-32-38(85(67,68)69)33-45(84-80-76-66)39(42)15-17-44(53)58(48)26-28-82-78-74-64;;;;;/h7,10-11,13-22,29-33H,5-6,8-9,12,23-28H2,1-4H3,(H6-,56,60,63,64,65,66,67,68,69,70,71,72);;;;;/q;5*+1/p-5. The van der Waals surface area contributed by atoms with Gasteiger partial charge in [0, 0.05) is 112 Å². The monoisotopic (exact) mass is 1410 g/mol. The first-order valence-electron chi connectivity index (χ1n) is 26.0. The van der Waals surface area contributed by atoms with Crippen LogP contribution in [0.2, 0.25) is 0 Å². The summed E-state index contributed by atoms with van der Waals surface area (Å²) in [6, 6.07) is 19.5. The number of hydrogen-bond donors (Lipinski definition) is 1. The van der Waals surface area contributed by atoms with Gasteiger partial charge in [-0.15, -0.1) is 0 Å². The van der Waals surface area contributed by atoms with Gasteiger partial charge in [0.25, 0.3) is 11.8 Å². The third-order valence-corrected chi connectivity index (χ3v) is 18.6. The summed E-state index contributed by atoms with van der Waals surface area (Å²) in [4.78, 5) is 38.8. The van der Waals surface area contributed by atoms with Crippen LogP contribution in [-0.2, 0) is 89.4 Å². The van der Waals surface area contributed by atoms with Gasteiger partial charge in [0.15, 0.2) is 12.3 Å². The van der Waals surface area contributed by atoms with Gasteiger partial charge in [0.2, 0.25) is 11.6 Å². The fraction of sp³-hybridized carbons (Fsp3) is 0.309. The van der Waals surface area contributed by atoms with Crippen molar-refractivity contribution in [3.8, 4) is 0 Å². The Morgan fingerprint density at radius 3 is 1.98 bits per heavy atom. The minimum atomic E-state index is -5.10. The number of nitrogens with one attached hydrogen (secondary N) is 1. The molecule has 3 aliphatic heterocycles. The van der Waals surface area contributed by atoms with Crippen molar-refractivity contribution < 1.29 is 251 Å². The third kappa shape index (κ3) is 21.0. The van der Waals surface area contributed by atoms with Gasteiger partial charge in [-0.25, -0.2) is 16.8 Å². The maximum atomic E-state index is 12.8. The summed E-state index contributed by atoms with van der Waals surface area (Å²) in [5.41, 5.74) is 4.10. The number of aryl methyl sites for hydroxylation is 1.